The van der Waals surface area contributed by atoms with E-state index in [1.165, 1.54) is 0 Å². The van der Waals surface area contributed by atoms with Crippen LogP contribution in [-0.4, -0.2) is 83.8 Å². The molecule has 402 valence electrons. The van der Waals surface area contributed by atoms with E-state index in [-0.39, 0.29) is 59.8 Å². The predicted octanol–water partition coefficient (Wildman–Crippen LogP) is 0.827. The zero-order chi connectivity index (χ0) is 54.9. The fourth-order valence-corrected chi connectivity index (χ4v) is 9.71. The Hall–Kier alpha value is -7.06. The number of benzene rings is 2. The van der Waals surface area contributed by atoms with Gasteiger partial charge in [-0.15, -0.1) is 0 Å². The molecule has 0 amide bonds. The summed E-state index contributed by atoms with van der Waals surface area (Å²) in [6, 6.07) is 21.6. The van der Waals surface area contributed by atoms with Gasteiger partial charge in [-0.25, -0.2) is 24.1 Å². The lowest BCUT2D eigenvalue weighted by Crippen LogP contribution is -2.46. The Morgan fingerprint density at radius 1 is 0.763 bits per heavy atom. The minimum absolute atomic E-state index is 0.00276. The SMILES string of the molecule is CC[C@@]1(OCOP(=O)(O)O)C(=O)OCc2c1cc1n(c2=O)Cc2cc3ccccc3nc2-1.CC[C@@]1(OCOP(=O)([O-])O)C(=O)OCc2c1cc1n(c2=O)Cc2cc3ccccc3nc2-1.NC(N)=NCCCC(N)C(=O)[O-]. The van der Waals surface area contributed by atoms with Gasteiger partial charge in [0.25, 0.3) is 18.9 Å². The topological polar surface area (TPSA) is 408 Å². The number of guanidine groups is 1. The first-order chi connectivity index (χ1) is 36.0. The number of ether oxygens (including phenoxy) is 4. The van der Waals surface area contributed by atoms with Gasteiger partial charge in [-0.05, 0) is 62.1 Å². The van der Waals surface area contributed by atoms with Crippen LogP contribution in [0.5, 0.6) is 0 Å². The molecule has 2 aromatic carbocycles. The Kier molecular flexibility index (Phi) is 15.9. The van der Waals surface area contributed by atoms with Gasteiger partial charge in [-0.3, -0.25) is 28.2 Å². The molecular formula is C48H50N8O18P2-2. The molecule has 4 aliphatic heterocycles. The number of pyridine rings is 4. The van der Waals surface area contributed by atoms with E-state index in [2.05, 4.69) is 14.0 Å². The number of carboxylic acids is 1. The molecule has 10 rings (SSSR count). The summed E-state index contributed by atoms with van der Waals surface area (Å²) in [6.07, 6.45) is 0.952. The second-order valence-corrected chi connectivity index (χ2v) is 20.1. The first kappa shape index (κ1) is 55.2. The number of carboxylic acid groups (broad SMARTS) is 1. The van der Waals surface area contributed by atoms with Gasteiger partial charge in [0.15, 0.2) is 30.7 Å². The summed E-state index contributed by atoms with van der Waals surface area (Å²) in [5.74, 6) is -2.78. The van der Waals surface area contributed by atoms with Crippen molar-refractivity contribution >= 4 is 61.3 Å². The Balaban J connectivity index is 0.000000167. The number of nitrogens with two attached hydrogens (primary N) is 3. The second kappa shape index (κ2) is 21.9. The molecule has 0 saturated heterocycles. The van der Waals surface area contributed by atoms with Crippen molar-refractivity contribution < 1.29 is 76.2 Å². The molecule has 2 unspecified atom stereocenters. The number of nitrogens with zero attached hydrogens (tertiary/aromatic N) is 5. The van der Waals surface area contributed by atoms with Crippen molar-refractivity contribution in [3.05, 3.63) is 127 Å². The Bertz CT molecular complexity index is 3340. The fourth-order valence-electron chi connectivity index (χ4n) is 9.33. The normalized spacial score (nSPS) is 18.9. The molecule has 28 heteroatoms. The lowest BCUT2D eigenvalue weighted by Gasteiger charge is -2.36. The minimum atomic E-state index is -5.07. The lowest BCUT2D eigenvalue weighted by atomic mass is 9.85. The number of hydrogen-bond acceptors (Lipinski definition) is 19. The number of phosphoric ester groups is 2. The van der Waals surface area contributed by atoms with Crippen molar-refractivity contribution in [2.75, 3.05) is 20.1 Å². The van der Waals surface area contributed by atoms with E-state index in [0.29, 0.717) is 60.8 Å². The summed E-state index contributed by atoms with van der Waals surface area (Å²) in [5.41, 5.74) is 17.8. The third kappa shape index (κ3) is 11.1. The number of para-hydroxylation sites is 2. The average Bonchev–Trinajstić information content (AvgIpc) is 3.92. The zero-order valence-electron chi connectivity index (χ0n) is 40.6. The largest absolute Gasteiger partial charge is 0.756 e. The van der Waals surface area contributed by atoms with Crippen LogP contribution in [0.1, 0.15) is 72.9 Å². The third-order valence-corrected chi connectivity index (χ3v) is 14.0. The summed E-state index contributed by atoms with van der Waals surface area (Å²) in [7, 11) is -9.89. The van der Waals surface area contributed by atoms with Gasteiger partial charge in [-0.1, -0.05) is 50.2 Å². The zero-order valence-corrected chi connectivity index (χ0v) is 42.4. The van der Waals surface area contributed by atoms with Crippen LogP contribution < -0.4 is 38.3 Å². The molecule has 0 aliphatic carbocycles. The van der Waals surface area contributed by atoms with Crippen LogP contribution in [0.2, 0.25) is 0 Å². The summed E-state index contributed by atoms with van der Waals surface area (Å²) in [6.45, 7) is 2.12. The van der Waals surface area contributed by atoms with Crippen LogP contribution in [0.25, 0.3) is 44.6 Å². The molecule has 26 nitrogen and oxygen atoms in total. The number of phosphoric acid groups is 2. The van der Waals surface area contributed by atoms with Gasteiger partial charge in [0.2, 0.25) is 0 Å². The van der Waals surface area contributed by atoms with Gasteiger partial charge in [-0.2, -0.15) is 0 Å². The molecule has 4 atom stereocenters. The number of fused-ring (bicyclic) bond motifs is 10. The van der Waals surface area contributed by atoms with E-state index in [0.717, 1.165) is 32.9 Å². The van der Waals surface area contributed by atoms with Crippen LogP contribution in [-0.2, 0) is 89.0 Å². The molecule has 0 bridgehead atoms. The molecule has 0 spiro atoms. The number of hydrogen-bond donors (Lipinski definition) is 6. The number of carbonyl (C=O) groups is 3. The van der Waals surface area contributed by atoms with Gasteiger partial charge < -0.3 is 74.8 Å². The minimum Gasteiger partial charge on any atom is -0.756 e. The summed E-state index contributed by atoms with van der Waals surface area (Å²) < 4.78 is 55.3. The second-order valence-electron chi connectivity index (χ2n) is 17.6. The number of aliphatic carboxylic acids is 1. The predicted molar refractivity (Wildman–Crippen MR) is 263 cm³/mol. The van der Waals surface area contributed by atoms with Crippen molar-refractivity contribution in [2.24, 2.45) is 22.2 Å². The monoisotopic (exact) mass is 1090 g/mol. The van der Waals surface area contributed by atoms with Crippen LogP contribution in [0.4, 0.5) is 0 Å². The average molecular weight is 1090 g/mol. The number of carbonyl (C=O) groups excluding carboxylic acids is 3. The van der Waals surface area contributed by atoms with E-state index in [4.69, 9.17) is 60.8 Å². The van der Waals surface area contributed by atoms with Crippen LogP contribution in [0.15, 0.2) is 87.4 Å². The standard InChI is InChI=1S/2C21H19N2O8P.C6H14N4O2/c2*1-2-21(30-11-31-32(26,27)28)15-8-17-18-13(7-12-5-3-4-6-16(12)22-18)9-23(17)19(24)14(15)10-29-20(21)25;7-4(5(11)12)2-1-3-10-6(8)9/h2*3-8H,2,9-11H2,1H3,(H2,26,27,28);4H,1-3,7H2,(H,11,12)(H4,8,9,10)/p-2/t2*21-;/m00./s1. The molecule has 6 aromatic rings. The van der Waals surface area contributed by atoms with Crippen molar-refractivity contribution in [2.45, 2.75) is 83.1 Å². The Morgan fingerprint density at radius 3 is 1.62 bits per heavy atom. The van der Waals surface area contributed by atoms with Crippen LogP contribution >= 0.6 is 15.6 Å². The number of cyclic esters (lactones) is 2. The highest BCUT2D eigenvalue weighted by Crippen LogP contribution is 2.44. The summed E-state index contributed by atoms with van der Waals surface area (Å²) in [5, 5.41) is 12.0. The number of aromatic nitrogens is 4. The van der Waals surface area contributed by atoms with E-state index in [1.807, 2.05) is 60.7 Å². The molecule has 0 radical (unpaired) electrons. The van der Waals surface area contributed by atoms with Crippen molar-refractivity contribution in [3.8, 4) is 22.8 Å². The van der Waals surface area contributed by atoms with E-state index < -0.39 is 64.4 Å². The Labute approximate surface area is 430 Å². The maximum Gasteiger partial charge on any atom is 0.471 e. The molecule has 9 N–H and O–H groups in total. The highest BCUT2D eigenvalue weighted by atomic mass is 31.2. The number of aliphatic imine (C=N–C) groups is 1. The smallest absolute Gasteiger partial charge is 0.471 e. The van der Waals surface area contributed by atoms with E-state index in [9.17, 15) is 43.1 Å². The van der Waals surface area contributed by atoms with Crippen molar-refractivity contribution in [1.82, 2.24) is 19.1 Å². The highest BCUT2D eigenvalue weighted by Gasteiger charge is 2.50. The van der Waals surface area contributed by atoms with Crippen molar-refractivity contribution in [3.63, 3.8) is 0 Å². The fraction of sp³-hybridized carbons (Fsp3) is 0.333. The first-order valence-electron chi connectivity index (χ1n) is 23.4. The van der Waals surface area contributed by atoms with E-state index >= 15 is 0 Å². The lowest BCUT2D eigenvalue weighted by molar-refractivity contribution is -0.307. The molecule has 76 heavy (non-hydrogen) atoms. The number of esters is 2. The first-order valence-corrected chi connectivity index (χ1v) is 26.4. The quantitative estimate of drug-likeness (QED) is 0.0207. The molecule has 0 saturated carbocycles. The van der Waals surface area contributed by atoms with Gasteiger partial charge in [0.05, 0.1) is 64.0 Å². The molecule has 4 aliphatic rings. The maximum atomic E-state index is 13.3. The maximum absolute atomic E-state index is 13.3. The highest BCUT2D eigenvalue weighted by molar-refractivity contribution is 7.46. The van der Waals surface area contributed by atoms with Gasteiger partial charge in [0.1, 0.15) is 13.2 Å². The van der Waals surface area contributed by atoms with Crippen LogP contribution in [0, 0.1) is 0 Å². The number of rotatable bonds is 15. The third-order valence-electron chi connectivity index (χ3n) is 13.1. The van der Waals surface area contributed by atoms with Crippen LogP contribution in [0.3, 0.4) is 0 Å². The molecular weight excluding hydrogens is 1040 g/mol. The van der Waals surface area contributed by atoms with Gasteiger partial charge >= 0.3 is 19.8 Å². The van der Waals surface area contributed by atoms with E-state index in [1.54, 1.807) is 35.1 Å². The van der Waals surface area contributed by atoms with Gasteiger partial charge in [0, 0.05) is 45.6 Å². The Morgan fingerprint density at radius 2 is 1.21 bits per heavy atom. The summed E-state index contributed by atoms with van der Waals surface area (Å²) in [4.78, 5) is 113. The molecule has 8 heterocycles. The molecule has 4 aromatic heterocycles. The molecule has 0 fully saturated rings. The summed E-state index contributed by atoms with van der Waals surface area (Å²) >= 11 is 0. The van der Waals surface area contributed by atoms with Crippen molar-refractivity contribution in [1.29, 1.82) is 0 Å².